The van der Waals surface area contributed by atoms with E-state index in [1.54, 1.807) is 0 Å². The molecule has 0 fully saturated rings. The van der Waals surface area contributed by atoms with E-state index in [1.807, 2.05) is 38.4 Å². The van der Waals surface area contributed by atoms with Gasteiger partial charge in [0, 0.05) is 10.6 Å². The van der Waals surface area contributed by atoms with Gasteiger partial charge in [-0.25, -0.2) is 4.98 Å². The maximum absolute atomic E-state index is 6.35. The van der Waals surface area contributed by atoms with E-state index >= 15 is 0 Å². The minimum Gasteiger partial charge on any atom is -0.371 e. The molecule has 0 radical (unpaired) electrons. The Morgan fingerprint density at radius 3 is 2.69 bits per heavy atom. The Hall–Kier alpha value is -3.22. The fourth-order valence-electron chi connectivity index (χ4n) is 3.84. The Balaban J connectivity index is 1.61. The molecule has 0 amide bonds. The van der Waals surface area contributed by atoms with Crippen LogP contribution in [0.2, 0.25) is 5.02 Å². The number of ether oxygens (including phenoxy) is 1. The van der Waals surface area contributed by atoms with Crippen LogP contribution in [0.25, 0.3) is 29.2 Å². The number of rotatable bonds is 5. The van der Waals surface area contributed by atoms with E-state index in [4.69, 9.17) is 21.3 Å². The van der Waals surface area contributed by atoms with Crippen molar-refractivity contribution < 1.29 is 4.74 Å². The quantitative estimate of drug-likeness (QED) is 0.356. The predicted octanol–water partition coefficient (Wildman–Crippen LogP) is 5.55. The molecule has 1 aliphatic heterocycles. The second kappa shape index (κ2) is 8.37. The van der Waals surface area contributed by atoms with Crippen molar-refractivity contribution in [3.8, 4) is 17.1 Å². The van der Waals surface area contributed by atoms with Gasteiger partial charge in [0.25, 0.3) is 0 Å². The number of hydrogen-bond acceptors (Lipinski definition) is 4. The summed E-state index contributed by atoms with van der Waals surface area (Å²) in [5, 5.41) is 9.57. The Kier molecular flexibility index (Phi) is 5.41. The molecule has 2 aromatic carbocycles. The van der Waals surface area contributed by atoms with Crippen molar-refractivity contribution in [3.63, 3.8) is 0 Å². The van der Waals surface area contributed by atoms with Gasteiger partial charge < -0.3 is 13.9 Å². The van der Waals surface area contributed by atoms with E-state index < -0.39 is 0 Å². The van der Waals surface area contributed by atoms with E-state index in [0.29, 0.717) is 18.2 Å². The second-order valence-corrected chi connectivity index (χ2v) is 8.67. The minimum atomic E-state index is 0.106. The number of benzene rings is 2. The van der Waals surface area contributed by atoms with E-state index in [9.17, 15) is 0 Å². The average Bonchev–Trinajstić information content (AvgIpc) is 3.33. The van der Waals surface area contributed by atoms with Gasteiger partial charge in [-0.15, -0.1) is 10.2 Å². The number of aromatic nitrogens is 5. The number of aryl methyl sites for hydroxylation is 1. The summed E-state index contributed by atoms with van der Waals surface area (Å²) in [7, 11) is 0. The normalized spacial score (nSPS) is 12.7. The molecule has 162 valence electrons. The fourth-order valence-corrected chi connectivity index (χ4v) is 4.01. The lowest BCUT2D eigenvalue weighted by atomic mass is 10.1. The molecule has 7 heteroatoms. The van der Waals surface area contributed by atoms with Gasteiger partial charge in [0.05, 0.1) is 29.7 Å². The maximum Gasteiger partial charge on any atom is 0.166 e. The van der Waals surface area contributed by atoms with Crippen LogP contribution in [0.5, 0.6) is 0 Å². The van der Waals surface area contributed by atoms with Gasteiger partial charge in [-0.05, 0) is 50.6 Å². The first-order valence-electron chi connectivity index (χ1n) is 10.6. The minimum absolute atomic E-state index is 0.106. The zero-order chi connectivity index (χ0) is 22.2. The SMILES string of the molecule is Cc1ccc(/C=C/c2ncn3c2Cn2c(COC(C)C)nnc2-c2cc(Cl)ccc2-3)cc1. The molecule has 3 heterocycles. The van der Waals surface area contributed by atoms with E-state index in [-0.39, 0.29) is 6.10 Å². The van der Waals surface area contributed by atoms with Gasteiger partial charge in [0.1, 0.15) is 12.9 Å². The summed E-state index contributed by atoms with van der Waals surface area (Å²) < 4.78 is 10.0. The van der Waals surface area contributed by atoms with Crippen LogP contribution in [0.3, 0.4) is 0 Å². The zero-order valence-electron chi connectivity index (χ0n) is 18.3. The molecule has 4 aromatic rings. The van der Waals surface area contributed by atoms with Crippen LogP contribution < -0.4 is 0 Å². The van der Waals surface area contributed by atoms with Crippen molar-refractivity contribution in [1.29, 1.82) is 0 Å². The van der Waals surface area contributed by atoms with Crippen molar-refractivity contribution in [2.45, 2.75) is 40.0 Å². The Bertz CT molecular complexity index is 1300. The van der Waals surface area contributed by atoms with Crippen LogP contribution in [-0.2, 0) is 17.9 Å². The van der Waals surface area contributed by atoms with E-state index in [0.717, 1.165) is 39.9 Å². The van der Waals surface area contributed by atoms with Crippen LogP contribution >= 0.6 is 11.6 Å². The highest BCUT2D eigenvalue weighted by Crippen LogP contribution is 2.34. The number of fused-ring (bicyclic) bond motifs is 5. The molecule has 0 unspecified atom stereocenters. The smallest absolute Gasteiger partial charge is 0.166 e. The molecule has 0 N–H and O–H groups in total. The highest BCUT2D eigenvalue weighted by atomic mass is 35.5. The Labute approximate surface area is 192 Å². The first-order valence-corrected chi connectivity index (χ1v) is 11.0. The molecule has 0 bridgehead atoms. The number of hydrogen-bond donors (Lipinski definition) is 0. The molecule has 6 nitrogen and oxygen atoms in total. The van der Waals surface area contributed by atoms with Gasteiger partial charge >= 0.3 is 0 Å². The molecule has 0 saturated carbocycles. The lowest BCUT2D eigenvalue weighted by molar-refractivity contribution is 0.0595. The summed E-state index contributed by atoms with van der Waals surface area (Å²) in [6.07, 6.45) is 6.12. The summed E-state index contributed by atoms with van der Waals surface area (Å²) in [6, 6.07) is 14.3. The Morgan fingerprint density at radius 1 is 1.09 bits per heavy atom. The van der Waals surface area contributed by atoms with Crippen LogP contribution in [0.15, 0.2) is 48.8 Å². The highest BCUT2D eigenvalue weighted by molar-refractivity contribution is 6.31. The standard InChI is InChI=1S/C25H24ClN5O/c1-16(2)32-14-24-28-29-25-20-12-19(26)9-11-22(20)31-15-27-21(23(31)13-30(24)25)10-8-18-6-4-17(3)5-7-18/h4-12,15-16H,13-14H2,1-3H3/b10-8+. The highest BCUT2D eigenvalue weighted by Gasteiger charge is 2.25. The summed E-state index contributed by atoms with van der Waals surface area (Å²) >= 11 is 6.35. The lowest BCUT2D eigenvalue weighted by Crippen LogP contribution is -2.11. The lowest BCUT2D eigenvalue weighted by Gasteiger charge is -2.10. The first kappa shape index (κ1) is 20.7. The summed E-state index contributed by atoms with van der Waals surface area (Å²) in [5.41, 5.74) is 6.24. The average molecular weight is 446 g/mol. The summed E-state index contributed by atoms with van der Waals surface area (Å²) in [5.74, 6) is 1.56. The van der Waals surface area contributed by atoms with E-state index in [1.165, 1.54) is 5.56 Å². The fraction of sp³-hybridized carbons (Fsp3) is 0.240. The van der Waals surface area contributed by atoms with Gasteiger partial charge in [0.15, 0.2) is 11.6 Å². The summed E-state index contributed by atoms with van der Waals surface area (Å²) in [4.78, 5) is 4.71. The third-order valence-electron chi connectivity index (χ3n) is 5.55. The molecule has 5 rings (SSSR count). The number of imidazole rings is 1. The maximum atomic E-state index is 6.35. The van der Waals surface area contributed by atoms with E-state index in [2.05, 4.69) is 62.7 Å². The van der Waals surface area contributed by atoms with Gasteiger partial charge in [0.2, 0.25) is 0 Å². The predicted molar refractivity (Wildman–Crippen MR) is 127 cm³/mol. The van der Waals surface area contributed by atoms with Crippen molar-refractivity contribution in [2.75, 3.05) is 0 Å². The monoisotopic (exact) mass is 445 g/mol. The van der Waals surface area contributed by atoms with Gasteiger partial charge in [-0.2, -0.15) is 0 Å². The molecule has 0 aliphatic carbocycles. The topological polar surface area (TPSA) is 57.8 Å². The first-order chi connectivity index (χ1) is 15.5. The molecule has 2 aromatic heterocycles. The molecule has 0 spiro atoms. The molecule has 0 atom stereocenters. The zero-order valence-corrected chi connectivity index (χ0v) is 19.0. The molecule has 0 saturated heterocycles. The van der Waals surface area contributed by atoms with Gasteiger partial charge in [-0.3, -0.25) is 0 Å². The Morgan fingerprint density at radius 2 is 1.91 bits per heavy atom. The largest absolute Gasteiger partial charge is 0.371 e. The van der Waals surface area contributed by atoms with Crippen molar-refractivity contribution in [1.82, 2.24) is 24.3 Å². The van der Waals surface area contributed by atoms with Crippen LogP contribution in [0.4, 0.5) is 0 Å². The number of halogens is 1. The molecular weight excluding hydrogens is 422 g/mol. The molecule has 1 aliphatic rings. The second-order valence-electron chi connectivity index (χ2n) is 8.24. The third kappa shape index (κ3) is 3.87. The van der Waals surface area contributed by atoms with Gasteiger partial charge in [-0.1, -0.05) is 47.5 Å². The van der Waals surface area contributed by atoms with Crippen LogP contribution in [-0.4, -0.2) is 30.4 Å². The van der Waals surface area contributed by atoms with Crippen LogP contribution in [0.1, 0.15) is 42.2 Å². The van der Waals surface area contributed by atoms with Crippen molar-refractivity contribution in [3.05, 3.63) is 82.2 Å². The third-order valence-corrected chi connectivity index (χ3v) is 5.78. The summed E-state index contributed by atoms with van der Waals surface area (Å²) in [6.45, 7) is 7.09. The van der Waals surface area contributed by atoms with Crippen LogP contribution in [0, 0.1) is 6.92 Å². The van der Waals surface area contributed by atoms with Crippen molar-refractivity contribution in [2.24, 2.45) is 0 Å². The number of nitrogens with zero attached hydrogens (tertiary/aromatic N) is 5. The molecule has 32 heavy (non-hydrogen) atoms. The van der Waals surface area contributed by atoms with Crippen molar-refractivity contribution >= 4 is 23.8 Å². The molecular formula is C25H24ClN5O.